The summed E-state index contributed by atoms with van der Waals surface area (Å²) < 4.78 is 6.12. The number of rotatable bonds is 3. The summed E-state index contributed by atoms with van der Waals surface area (Å²) in [5.74, 6) is 1.28. The van der Waals surface area contributed by atoms with Crippen LogP contribution in [-0.2, 0) is 5.41 Å². The number of hydrogen-bond acceptors (Lipinski definition) is 2. The van der Waals surface area contributed by atoms with Gasteiger partial charge in [-0.1, -0.05) is 92.7 Å². The Bertz CT molecular complexity index is 1520. The Kier molecular flexibility index (Phi) is 4.35. The van der Waals surface area contributed by atoms with Gasteiger partial charge in [-0.3, -0.25) is 0 Å². The summed E-state index contributed by atoms with van der Waals surface area (Å²) in [7, 11) is 0. The Morgan fingerprint density at radius 2 is 1.54 bits per heavy atom. The van der Waals surface area contributed by atoms with E-state index in [1.807, 2.05) is 6.07 Å². The van der Waals surface area contributed by atoms with Gasteiger partial charge in [-0.25, -0.2) is 0 Å². The molecule has 2 heteroatoms. The van der Waals surface area contributed by atoms with Gasteiger partial charge in [0.15, 0.2) is 0 Å². The van der Waals surface area contributed by atoms with Crippen LogP contribution in [0.15, 0.2) is 109 Å². The number of para-hydroxylation sites is 1. The molecule has 0 bridgehead atoms. The Balaban J connectivity index is 1.18. The second kappa shape index (κ2) is 7.48. The predicted molar refractivity (Wildman–Crippen MR) is 144 cm³/mol. The van der Waals surface area contributed by atoms with E-state index in [0.717, 1.165) is 11.4 Å². The minimum Gasteiger partial charge on any atom is -0.485 e. The van der Waals surface area contributed by atoms with Crippen LogP contribution in [-0.4, -0.2) is 6.10 Å². The molecule has 3 aliphatic rings. The summed E-state index contributed by atoms with van der Waals surface area (Å²) in [5, 5.41) is 3.72. The molecule has 35 heavy (non-hydrogen) atoms. The van der Waals surface area contributed by atoms with Crippen molar-refractivity contribution in [2.45, 2.75) is 31.3 Å². The van der Waals surface area contributed by atoms with Crippen LogP contribution in [0.1, 0.15) is 42.0 Å². The number of ether oxygens (including phenoxy) is 1. The molecule has 0 amide bonds. The van der Waals surface area contributed by atoms with Crippen LogP contribution in [0.4, 0.5) is 11.4 Å². The highest BCUT2D eigenvalue weighted by Gasteiger charge is 2.37. The molecule has 0 radical (unpaired) electrons. The highest BCUT2D eigenvalue weighted by Crippen LogP contribution is 2.51. The van der Waals surface area contributed by atoms with Crippen LogP contribution in [0.25, 0.3) is 16.7 Å². The van der Waals surface area contributed by atoms with E-state index in [1.165, 1.54) is 44.6 Å². The van der Waals surface area contributed by atoms with Crippen molar-refractivity contribution in [3.8, 4) is 16.9 Å². The van der Waals surface area contributed by atoms with Crippen molar-refractivity contribution in [2.24, 2.45) is 0 Å². The molecule has 4 aromatic rings. The Labute approximate surface area is 206 Å². The quantitative estimate of drug-likeness (QED) is 0.337. The number of anilines is 2. The summed E-state index contributed by atoms with van der Waals surface area (Å²) in [5.41, 5.74) is 11.4. The molecule has 2 nitrogen and oxygen atoms in total. The molecular weight excluding hydrogens is 426 g/mol. The molecule has 1 N–H and O–H groups in total. The molecule has 170 valence electrons. The zero-order chi connectivity index (χ0) is 23.6. The van der Waals surface area contributed by atoms with E-state index in [-0.39, 0.29) is 17.4 Å². The van der Waals surface area contributed by atoms with Crippen LogP contribution in [0, 0.1) is 0 Å². The molecule has 2 unspecified atom stereocenters. The number of nitrogens with one attached hydrogen (secondary N) is 1. The summed E-state index contributed by atoms with van der Waals surface area (Å²) in [6.07, 6.45) is 6.84. The Morgan fingerprint density at radius 1 is 0.771 bits per heavy atom. The van der Waals surface area contributed by atoms with E-state index in [2.05, 4.69) is 122 Å². The van der Waals surface area contributed by atoms with Gasteiger partial charge in [0.25, 0.3) is 0 Å². The maximum atomic E-state index is 6.12. The van der Waals surface area contributed by atoms with Crippen molar-refractivity contribution in [3.63, 3.8) is 0 Å². The second-order valence-corrected chi connectivity index (χ2v) is 10.2. The first kappa shape index (κ1) is 20.3. The molecule has 7 rings (SSSR count). The van der Waals surface area contributed by atoms with Crippen molar-refractivity contribution in [3.05, 3.63) is 131 Å². The standard InChI is InChI=1S/C33H27NO/c1-33(2)28-11-5-3-8-24(28)26-10-7-12-29(32(26)33)34-23-17-14-21(15-18-23)22-16-19-31-27(20-22)25-9-4-6-13-30(25)35-31/h3-20,27,31,34H,1-2H3. The molecule has 0 saturated carbocycles. The number of fused-ring (bicyclic) bond motifs is 6. The first-order chi connectivity index (χ1) is 17.1. The van der Waals surface area contributed by atoms with E-state index < -0.39 is 0 Å². The van der Waals surface area contributed by atoms with Gasteiger partial charge in [0, 0.05) is 28.3 Å². The largest absolute Gasteiger partial charge is 0.485 e. The van der Waals surface area contributed by atoms with E-state index in [0.29, 0.717) is 0 Å². The lowest BCUT2D eigenvalue weighted by atomic mass is 9.81. The maximum Gasteiger partial charge on any atom is 0.128 e. The zero-order valence-electron chi connectivity index (χ0n) is 20.0. The lowest BCUT2D eigenvalue weighted by Gasteiger charge is -2.25. The third kappa shape index (κ3) is 3.10. The molecule has 1 heterocycles. The van der Waals surface area contributed by atoms with Gasteiger partial charge in [-0.2, -0.15) is 0 Å². The summed E-state index contributed by atoms with van der Waals surface area (Å²) in [6, 6.07) is 32.6. The predicted octanol–water partition coefficient (Wildman–Crippen LogP) is 8.23. The molecule has 1 aliphatic heterocycles. The van der Waals surface area contributed by atoms with Gasteiger partial charge in [0.2, 0.25) is 0 Å². The molecule has 0 aromatic heterocycles. The second-order valence-electron chi connectivity index (χ2n) is 10.2. The normalized spacial score (nSPS) is 20.2. The van der Waals surface area contributed by atoms with Gasteiger partial charge >= 0.3 is 0 Å². The van der Waals surface area contributed by atoms with Crippen molar-refractivity contribution in [1.29, 1.82) is 0 Å². The van der Waals surface area contributed by atoms with Gasteiger partial charge in [-0.15, -0.1) is 0 Å². The molecule has 0 spiro atoms. The fraction of sp³-hybridized carbons (Fsp3) is 0.152. The average Bonchev–Trinajstić information content (AvgIpc) is 3.37. The highest BCUT2D eigenvalue weighted by molar-refractivity contribution is 5.87. The van der Waals surface area contributed by atoms with E-state index in [4.69, 9.17) is 4.74 Å². The third-order valence-corrected chi connectivity index (χ3v) is 7.80. The van der Waals surface area contributed by atoms with Crippen LogP contribution in [0.3, 0.4) is 0 Å². The first-order valence-corrected chi connectivity index (χ1v) is 12.4. The number of allylic oxidation sites excluding steroid dienone is 2. The maximum absolute atomic E-state index is 6.12. The van der Waals surface area contributed by atoms with E-state index >= 15 is 0 Å². The molecule has 2 aliphatic carbocycles. The topological polar surface area (TPSA) is 21.3 Å². The van der Waals surface area contributed by atoms with Gasteiger partial charge in [0.05, 0.1) is 0 Å². The molecule has 0 saturated heterocycles. The minimum atomic E-state index is -0.0383. The lowest BCUT2D eigenvalue weighted by molar-refractivity contribution is 0.269. The highest BCUT2D eigenvalue weighted by atomic mass is 16.5. The third-order valence-electron chi connectivity index (χ3n) is 7.80. The fourth-order valence-electron chi connectivity index (χ4n) is 6.10. The van der Waals surface area contributed by atoms with Crippen LogP contribution >= 0.6 is 0 Å². The van der Waals surface area contributed by atoms with Crippen LogP contribution in [0.5, 0.6) is 5.75 Å². The van der Waals surface area contributed by atoms with Crippen LogP contribution < -0.4 is 10.1 Å². The smallest absolute Gasteiger partial charge is 0.128 e. The van der Waals surface area contributed by atoms with Crippen molar-refractivity contribution >= 4 is 16.9 Å². The van der Waals surface area contributed by atoms with Crippen LogP contribution in [0.2, 0.25) is 0 Å². The molecule has 2 atom stereocenters. The molecular formula is C33H27NO. The summed E-state index contributed by atoms with van der Waals surface area (Å²) in [4.78, 5) is 0. The number of benzene rings is 4. The number of hydrogen-bond donors (Lipinski definition) is 1. The van der Waals surface area contributed by atoms with Gasteiger partial charge in [-0.05, 0) is 63.7 Å². The van der Waals surface area contributed by atoms with Crippen molar-refractivity contribution < 1.29 is 4.74 Å². The SMILES string of the molecule is CC1(C)c2ccccc2-c2cccc(Nc3ccc(C4=CC5c6ccccc6OC5C=C4)cc3)c21. The summed E-state index contributed by atoms with van der Waals surface area (Å²) >= 11 is 0. The fourth-order valence-corrected chi connectivity index (χ4v) is 6.10. The average molecular weight is 454 g/mol. The van der Waals surface area contributed by atoms with E-state index in [9.17, 15) is 0 Å². The van der Waals surface area contributed by atoms with Gasteiger partial charge < -0.3 is 10.1 Å². The zero-order valence-corrected chi connectivity index (χ0v) is 20.0. The first-order valence-electron chi connectivity index (χ1n) is 12.4. The molecule has 4 aromatic carbocycles. The van der Waals surface area contributed by atoms with Crippen molar-refractivity contribution in [2.75, 3.05) is 5.32 Å². The van der Waals surface area contributed by atoms with E-state index in [1.54, 1.807) is 0 Å². The lowest BCUT2D eigenvalue weighted by Crippen LogP contribution is -2.17. The van der Waals surface area contributed by atoms with Gasteiger partial charge in [0.1, 0.15) is 11.9 Å². The monoisotopic (exact) mass is 453 g/mol. The summed E-state index contributed by atoms with van der Waals surface area (Å²) in [6.45, 7) is 4.65. The molecule has 0 fully saturated rings. The Morgan fingerprint density at radius 3 is 2.43 bits per heavy atom. The minimum absolute atomic E-state index is 0.0383. The Hall–Kier alpha value is -4.04. The van der Waals surface area contributed by atoms with Crippen molar-refractivity contribution in [1.82, 2.24) is 0 Å².